The van der Waals surface area contributed by atoms with Crippen LogP contribution in [-0.4, -0.2) is 15.3 Å². The Hall–Kier alpha value is -1.15. The molecule has 0 radical (unpaired) electrons. The lowest BCUT2D eigenvalue weighted by Gasteiger charge is -2.25. The van der Waals surface area contributed by atoms with Crippen molar-refractivity contribution in [1.29, 1.82) is 0 Å². The molecule has 0 saturated heterocycles. The molecule has 0 aromatic heterocycles. The first-order valence-electron chi connectivity index (χ1n) is 7.35. The second kappa shape index (κ2) is 6.31. The molecule has 0 aliphatic heterocycles. The molecule has 0 heterocycles. The first-order valence-corrected chi connectivity index (χ1v) is 7.06. The van der Waals surface area contributed by atoms with Crippen LogP contribution in [0.2, 0.25) is 0 Å². The summed E-state index contributed by atoms with van der Waals surface area (Å²) in [4.78, 5) is 0. The van der Waals surface area contributed by atoms with Gasteiger partial charge in [0.1, 0.15) is 11.6 Å². The van der Waals surface area contributed by atoms with Crippen molar-refractivity contribution in [3.05, 3.63) is 29.6 Å². The van der Waals surface area contributed by atoms with Gasteiger partial charge in [-0.15, -0.1) is 13.2 Å². The summed E-state index contributed by atoms with van der Waals surface area (Å²) >= 11 is 0. The molecule has 2 N–H and O–H groups in total. The molecule has 0 amide bonds. The van der Waals surface area contributed by atoms with Gasteiger partial charge in [-0.25, -0.2) is 8.60 Å². The van der Waals surface area contributed by atoms with E-state index in [-0.39, 0.29) is 6.42 Å². The normalized spacial score (nSPS) is 18.3. The molecule has 0 aliphatic rings. The highest BCUT2D eigenvalue weighted by molar-refractivity contribution is 7.84. The van der Waals surface area contributed by atoms with Gasteiger partial charge >= 0.3 is 6.36 Å². The van der Waals surface area contributed by atoms with E-state index in [1.165, 1.54) is 13.8 Å². The first-order chi connectivity index (χ1) is 10.6. The highest BCUT2D eigenvalue weighted by atomic mass is 32.2. The predicted molar refractivity (Wildman–Crippen MR) is 72.5 cm³/mol. The molecule has 1 aromatic carbocycles. The molecule has 0 spiro atoms. The number of hydrogen-bond donors (Lipinski definition) is 1. The molecule has 3 nitrogen and oxygen atoms in total. The number of ether oxygens (including phenoxy) is 1. The third-order valence-corrected chi connectivity index (χ3v) is 4.07. The molecule has 0 aliphatic carbocycles. The van der Waals surface area contributed by atoms with E-state index in [1.807, 2.05) is 0 Å². The van der Waals surface area contributed by atoms with Gasteiger partial charge in [-0.2, -0.15) is 0 Å². The molecular formula is C13H17F4NO2S. The van der Waals surface area contributed by atoms with Gasteiger partial charge in [-0.3, -0.25) is 5.14 Å². The van der Waals surface area contributed by atoms with Gasteiger partial charge < -0.3 is 4.74 Å². The average molecular weight is 330 g/mol. The van der Waals surface area contributed by atoms with Crippen LogP contribution in [-0.2, 0) is 11.0 Å². The number of alkyl halides is 3. The van der Waals surface area contributed by atoms with E-state index in [0.717, 1.165) is 6.07 Å². The first kappa shape index (κ1) is 13.5. The quantitative estimate of drug-likeness (QED) is 0.838. The molecule has 1 aromatic rings. The van der Waals surface area contributed by atoms with E-state index in [2.05, 4.69) is 4.74 Å². The summed E-state index contributed by atoms with van der Waals surface area (Å²) in [6, 6.07) is 2.13. The molecular weight excluding hydrogens is 310 g/mol. The third kappa shape index (κ3) is 5.28. The second-order valence-corrected chi connectivity index (χ2v) is 6.74. The lowest BCUT2D eigenvalue weighted by molar-refractivity contribution is -0.274. The smallest absolute Gasteiger partial charge is 0.406 e. The zero-order valence-electron chi connectivity index (χ0n) is 14.3. The molecule has 1 unspecified atom stereocenters. The van der Waals surface area contributed by atoms with Crippen LogP contribution in [0, 0.1) is 5.82 Å². The molecule has 0 fully saturated rings. The van der Waals surface area contributed by atoms with E-state index in [4.69, 9.17) is 9.25 Å². The van der Waals surface area contributed by atoms with Gasteiger partial charge in [-0.05, 0) is 49.9 Å². The second-order valence-electron chi connectivity index (χ2n) is 5.04. The van der Waals surface area contributed by atoms with Gasteiger partial charge in [0, 0.05) is 4.11 Å². The fourth-order valence-electron chi connectivity index (χ4n) is 1.67. The zero-order valence-corrected chi connectivity index (χ0v) is 12.1. The average Bonchev–Trinajstić information content (AvgIpc) is 2.35. The van der Waals surface area contributed by atoms with Gasteiger partial charge in [-0.1, -0.05) is 6.85 Å². The van der Waals surface area contributed by atoms with Crippen molar-refractivity contribution in [1.82, 2.24) is 0 Å². The summed E-state index contributed by atoms with van der Waals surface area (Å²) in [7, 11) is -1.92. The maximum atomic E-state index is 14.1. The maximum Gasteiger partial charge on any atom is 0.573 e. The summed E-state index contributed by atoms with van der Waals surface area (Å²) in [5.74, 6) is -3.24. The highest BCUT2D eigenvalue weighted by Gasteiger charge is 2.32. The van der Waals surface area contributed by atoms with E-state index in [1.54, 1.807) is 0 Å². The Morgan fingerprint density at radius 2 is 2.05 bits per heavy atom. The summed E-state index contributed by atoms with van der Waals surface area (Å²) in [5.41, 5.74) is -0.477. The van der Waals surface area contributed by atoms with E-state index >= 15 is 0 Å². The van der Waals surface area contributed by atoms with Crippen molar-refractivity contribution in [2.45, 2.75) is 44.1 Å². The van der Waals surface area contributed by atoms with Crippen LogP contribution in [0.25, 0.3) is 0 Å². The van der Waals surface area contributed by atoms with Crippen LogP contribution in [0.5, 0.6) is 5.75 Å². The highest BCUT2D eigenvalue weighted by Crippen LogP contribution is 2.33. The van der Waals surface area contributed by atoms with E-state index < -0.39 is 52.0 Å². The fourth-order valence-corrected chi connectivity index (χ4v) is 2.00. The minimum absolute atomic E-state index is 0.320. The molecule has 0 bridgehead atoms. The Kier molecular flexibility index (Phi) is 4.06. The summed E-state index contributed by atoms with van der Waals surface area (Å²) in [5, 5.41) is 5.31. The Bertz CT molecular complexity index is 620. The number of nitrogens with two attached hydrogens (primary N) is 1. The standard InChI is InChI=1S/C13H17F4NO2S/c1-8(7-12(2,3)21(18)19)10-6-9(4-5-11(10)14)20-13(15,16)17/h4-6,8H,7,18H2,1-3H3/t8-,21?/m1/s1/i1D3. The number of hydrogen-bond acceptors (Lipinski definition) is 2. The van der Waals surface area contributed by atoms with E-state index in [9.17, 15) is 21.8 Å². The zero-order chi connectivity index (χ0) is 18.9. The molecule has 0 saturated carbocycles. The van der Waals surface area contributed by atoms with Crippen LogP contribution in [0.15, 0.2) is 18.2 Å². The maximum absolute atomic E-state index is 14.1. The fraction of sp³-hybridized carbons (Fsp3) is 0.538. The van der Waals surface area contributed by atoms with Crippen LogP contribution in [0.3, 0.4) is 0 Å². The minimum atomic E-state index is -5.00. The molecule has 21 heavy (non-hydrogen) atoms. The summed E-state index contributed by atoms with van der Waals surface area (Å²) < 4.78 is 87.7. The Labute approximate surface area is 127 Å². The molecule has 120 valence electrons. The lowest BCUT2D eigenvalue weighted by atomic mass is 9.91. The Morgan fingerprint density at radius 3 is 2.52 bits per heavy atom. The van der Waals surface area contributed by atoms with Crippen molar-refractivity contribution < 1.29 is 30.6 Å². The monoisotopic (exact) mass is 330 g/mol. The SMILES string of the molecule is [2H]C([2H])([2H])[C@H](CC(C)(C)S(N)=O)c1cc(OC(F)(F)F)ccc1F. The predicted octanol–water partition coefficient (Wildman–Crippen LogP) is 3.62. The minimum Gasteiger partial charge on any atom is -0.406 e. The number of benzene rings is 1. The number of rotatable bonds is 5. The molecule has 1 rings (SSSR count). The van der Waals surface area contributed by atoms with Crippen LogP contribution < -0.4 is 9.88 Å². The van der Waals surface area contributed by atoms with Crippen LogP contribution >= 0.6 is 0 Å². The summed E-state index contributed by atoms with van der Waals surface area (Å²) in [6.07, 6.45) is -5.32. The Balaban J connectivity index is 3.33. The topological polar surface area (TPSA) is 52.3 Å². The lowest BCUT2D eigenvalue weighted by Crippen LogP contribution is -2.33. The van der Waals surface area contributed by atoms with Crippen molar-refractivity contribution in [3.8, 4) is 5.75 Å². The summed E-state index contributed by atoms with van der Waals surface area (Å²) in [6.45, 7) is 0.111. The van der Waals surface area contributed by atoms with Gasteiger partial charge in [0.25, 0.3) is 0 Å². The van der Waals surface area contributed by atoms with Crippen molar-refractivity contribution in [3.63, 3.8) is 0 Å². The largest absolute Gasteiger partial charge is 0.573 e. The van der Waals surface area contributed by atoms with Crippen molar-refractivity contribution >= 4 is 11.0 Å². The van der Waals surface area contributed by atoms with E-state index in [0.29, 0.717) is 12.1 Å². The van der Waals surface area contributed by atoms with Crippen molar-refractivity contribution in [2.24, 2.45) is 5.14 Å². The van der Waals surface area contributed by atoms with Gasteiger partial charge in [0.2, 0.25) is 0 Å². The molecule has 8 heteroatoms. The van der Waals surface area contributed by atoms with Crippen molar-refractivity contribution in [2.75, 3.05) is 0 Å². The van der Waals surface area contributed by atoms with Gasteiger partial charge in [0.05, 0.1) is 15.7 Å². The van der Waals surface area contributed by atoms with Crippen LogP contribution in [0.1, 0.15) is 42.7 Å². The van der Waals surface area contributed by atoms with Gasteiger partial charge in [0.15, 0.2) is 0 Å². The third-order valence-electron chi connectivity index (χ3n) is 2.82. The molecule has 2 atom stereocenters. The Morgan fingerprint density at radius 1 is 1.43 bits per heavy atom. The number of halogens is 4. The van der Waals surface area contributed by atoms with Crippen LogP contribution in [0.4, 0.5) is 17.6 Å².